The summed E-state index contributed by atoms with van der Waals surface area (Å²) in [6.45, 7) is 1.91. The molecule has 14 heavy (non-hydrogen) atoms. The van der Waals surface area contributed by atoms with Crippen LogP contribution in [0.2, 0.25) is 5.02 Å². The van der Waals surface area contributed by atoms with Gasteiger partial charge < -0.3 is 10.3 Å². The van der Waals surface area contributed by atoms with E-state index in [9.17, 15) is 0 Å². The fraction of sp³-hybridized carbons (Fsp3) is 0.100. The van der Waals surface area contributed by atoms with Crippen LogP contribution >= 0.6 is 11.6 Å². The zero-order chi connectivity index (χ0) is 9.97. The SMILES string of the molecule is Cc1ncc(Nc2cccc(Cl)c2)[nH]1. The Morgan fingerprint density at radius 2 is 2.29 bits per heavy atom. The number of imidazole rings is 1. The summed E-state index contributed by atoms with van der Waals surface area (Å²) in [5.41, 5.74) is 0.946. The van der Waals surface area contributed by atoms with E-state index in [1.54, 1.807) is 6.20 Å². The minimum absolute atomic E-state index is 0.714. The number of benzene rings is 1. The molecule has 0 atom stereocenters. The van der Waals surface area contributed by atoms with Crippen molar-refractivity contribution in [1.82, 2.24) is 9.97 Å². The second-order valence-electron chi connectivity index (χ2n) is 3.02. The predicted octanol–water partition coefficient (Wildman–Crippen LogP) is 3.12. The third-order valence-corrected chi connectivity index (χ3v) is 2.04. The molecule has 1 aromatic heterocycles. The van der Waals surface area contributed by atoms with E-state index in [1.807, 2.05) is 31.2 Å². The fourth-order valence-corrected chi connectivity index (χ4v) is 1.40. The Morgan fingerprint density at radius 3 is 2.93 bits per heavy atom. The molecule has 0 spiro atoms. The van der Waals surface area contributed by atoms with Gasteiger partial charge in [0.25, 0.3) is 0 Å². The third-order valence-electron chi connectivity index (χ3n) is 1.81. The van der Waals surface area contributed by atoms with Crippen LogP contribution in [0.15, 0.2) is 30.5 Å². The molecular formula is C10H10ClN3. The number of aromatic amines is 1. The van der Waals surface area contributed by atoms with Crippen molar-refractivity contribution in [2.45, 2.75) is 6.92 Å². The van der Waals surface area contributed by atoms with Gasteiger partial charge in [-0.1, -0.05) is 17.7 Å². The molecule has 4 heteroatoms. The predicted molar refractivity (Wildman–Crippen MR) is 58.1 cm³/mol. The van der Waals surface area contributed by atoms with E-state index >= 15 is 0 Å². The van der Waals surface area contributed by atoms with Gasteiger partial charge in [-0.2, -0.15) is 0 Å². The first-order valence-electron chi connectivity index (χ1n) is 4.28. The smallest absolute Gasteiger partial charge is 0.127 e. The van der Waals surface area contributed by atoms with E-state index in [0.29, 0.717) is 5.02 Å². The summed E-state index contributed by atoms with van der Waals surface area (Å²) < 4.78 is 0. The molecule has 3 nitrogen and oxygen atoms in total. The lowest BCUT2D eigenvalue weighted by Gasteiger charge is -2.02. The molecule has 2 rings (SSSR count). The lowest BCUT2D eigenvalue weighted by Crippen LogP contribution is -1.89. The number of hydrogen-bond donors (Lipinski definition) is 2. The van der Waals surface area contributed by atoms with Gasteiger partial charge in [0.05, 0.1) is 6.20 Å². The third kappa shape index (κ3) is 2.06. The van der Waals surface area contributed by atoms with E-state index in [2.05, 4.69) is 15.3 Å². The average molecular weight is 208 g/mol. The Balaban J connectivity index is 2.18. The van der Waals surface area contributed by atoms with Gasteiger partial charge in [-0.15, -0.1) is 0 Å². The Morgan fingerprint density at radius 1 is 1.43 bits per heavy atom. The van der Waals surface area contributed by atoms with Crippen molar-refractivity contribution < 1.29 is 0 Å². The first-order valence-corrected chi connectivity index (χ1v) is 4.66. The van der Waals surface area contributed by atoms with Crippen molar-refractivity contribution in [3.8, 4) is 0 Å². The van der Waals surface area contributed by atoms with E-state index < -0.39 is 0 Å². The largest absolute Gasteiger partial charge is 0.340 e. The van der Waals surface area contributed by atoms with Crippen LogP contribution in [0.1, 0.15) is 5.82 Å². The molecule has 0 bridgehead atoms. The van der Waals surface area contributed by atoms with E-state index in [4.69, 9.17) is 11.6 Å². The number of rotatable bonds is 2. The van der Waals surface area contributed by atoms with E-state index in [0.717, 1.165) is 17.3 Å². The standard InChI is InChI=1S/C10H10ClN3/c1-7-12-6-10(13-7)14-9-4-2-3-8(11)5-9/h2-6,14H,1H3,(H,12,13). The molecule has 2 aromatic rings. The molecule has 1 aromatic carbocycles. The number of hydrogen-bond acceptors (Lipinski definition) is 2. The number of nitrogens with one attached hydrogen (secondary N) is 2. The van der Waals surface area contributed by atoms with Crippen LogP contribution < -0.4 is 5.32 Å². The van der Waals surface area contributed by atoms with Crippen molar-refractivity contribution in [2.75, 3.05) is 5.32 Å². The van der Waals surface area contributed by atoms with Crippen LogP contribution in [-0.4, -0.2) is 9.97 Å². The maximum Gasteiger partial charge on any atom is 0.127 e. The fourth-order valence-electron chi connectivity index (χ4n) is 1.21. The lowest BCUT2D eigenvalue weighted by atomic mass is 10.3. The first kappa shape index (κ1) is 9.09. The summed E-state index contributed by atoms with van der Waals surface area (Å²) >= 11 is 5.85. The summed E-state index contributed by atoms with van der Waals surface area (Å²) in [5, 5.41) is 3.88. The van der Waals surface area contributed by atoms with Crippen molar-refractivity contribution in [3.63, 3.8) is 0 Å². The number of halogens is 1. The van der Waals surface area contributed by atoms with Crippen molar-refractivity contribution in [3.05, 3.63) is 41.3 Å². The normalized spacial score (nSPS) is 10.1. The summed E-state index contributed by atoms with van der Waals surface area (Å²) in [4.78, 5) is 7.16. The molecule has 0 radical (unpaired) electrons. The molecule has 2 N–H and O–H groups in total. The van der Waals surface area contributed by atoms with Crippen molar-refractivity contribution in [1.29, 1.82) is 0 Å². The monoisotopic (exact) mass is 207 g/mol. The molecule has 1 heterocycles. The van der Waals surface area contributed by atoms with Gasteiger partial charge in [0.15, 0.2) is 0 Å². The van der Waals surface area contributed by atoms with Crippen LogP contribution in [0.3, 0.4) is 0 Å². The number of aryl methyl sites for hydroxylation is 1. The molecule has 0 fully saturated rings. The molecule has 72 valence electrons. The van der Waals surface area contributed by atoms with Gasteiger partial charge >= 0.3 is 0 Å². The van der Waals surface area contributed by atoms with Gasteiger partial charge in [0.2, 0.25) is 0 Å². The number of anilines is 2. The van der Waals surface area contributed by atoms with Crippen LogP contribution in [-0.2, 0) is 0 Å². The Labute approximate surface area is 87.1 Å². The molecular weight excluding hydrogens is 198 g/mol. The van der Waals surface area contributed by atoms with Gasteiger partial charge in [-0.3, -0.25) is 0 Å². The highest BCUT2D eigenvalue weighted by Gasteiger charge is 1.97. The highest BCUT2D eigenvalue weighted by Crippen LogP contribution is 2.18. The van der Waals surface area contributed by atoms with Crippen LogP contribution in [0.5, 0.6) is 0 Å². The van der Waals surface area contributed by atoms with Crippen molar-refractivity contribution >= 4 is 23.1 Å². The minimum atomic E-state index is 0.714. The molecule has 0 aliphatic rings. The lowest BCUT2D eigenvalue weighted by molar-refractivity contribution is 1.15. The Hall–Kier alpha value is -1.48. The molecule has 0 unspecified atom stereocenters. The molecule has 0 saturated carbocycles. The second kappa shape index (κ2) is 3.72. The van der Waals surface area contributed by atoms with E-state index in [1.165, 1.54) is 0 Å². The second-order valence-corrected chi connectivity index (χ2v) is 3.45. The summed E-state index contributed by atoms with van der Waals surface area (Å²) in [5.74, 6) is 1.75. The average Bonchev–Trinajstić information content (AvgIpc) is 2.51. The number of H-pyrrole nitrogens is 1. The maximum atomic E-state index is 5.85. The van der Waals surface area contributed by atoms with Crippen LogP contribution in [0.25, 0.3) is 0 Å². The Bertz CT molecular complexity index is 436. The first-order chi connectivity index (χ1) is 6.74. The quantitative estimate of drug-likeness (QED) is 0.795. The van der Waals surface area contributed by atoms with Gasteiger partial charge in [0.1, 0.15) is 11.6 Å². The Kier molecular flexibility index (Phi) is 2.41. The zero-order valence-corrected chi connectivity index (χ0v) is 8.47. The van der Waals surface area contributed by atoms with Crippen LogP contribution in [0.4, 0.5) is 11.5 Å². The number of aromatic nitrogens is 2. The molecule has 0 aliphatic heterocycles. The molecule has 0 amide bonds. The van der Waals surface area contributed by atoms with Crippen LogP contribution in [0, 0.1) is 6.92 Å². The highest BCUT2D eigenvalue weighted by atomic mass is 35.5. The topological polar surface area (TPSA) is 40.7 Å². The summed E-state index contributed by atoms with van der Waals surface area (Å²) in [6, 6.07) is 7.54. The zero-order valence-electron chi connectivity index (χ0n) is 7.71. The highest BCUT2D eigenvalue weighted by molar-refractivity contribution is 6.30. The van der Waals surface area contributed by atoms with E-state index in [-0.39, 0.29) is 0 Å². The maximum absolute atomic E-state index is 5.85. The van der Waals surface area contributed by atoms with Gasteiger partial charge in [0, 0.05) is 10.7 Å². The summed E-state index contributed by atoms with van der Waals surface area (Å²) in [6.07, 6.45) is 1.75. The van der Waals surface area contributed by atoms with Crippen molar-refractivity contribution in [2.24, 2.45) is 0 Å². The summed E-state index contributed by atoms with van der Waals surface area (Å²) in [7, 11) is 0. The minimum Gasteiger partial charge on any atom is -0.340 e. The number of nitrogens with zero attached hydrogens (tertiary/aromatic N) is 1. The molecule has 0 saturated heterocycles. The molecule has 0 aliphatic carbocycles. The van der Waals surface area contributed by atoms with Gasteiger partial charge in [-0.25, -0.2) is 4.98 Å². The van der Waals surface area contributed by atoms with Gasteiger partial charge in [-0.05, 0) is 25.1 Å².